The van der Waals surface area contributed by atoms with E-state index < -0.39 is 0 Å². The van der Waals surface area contributed by atoms with E-state index in [9.17, 15) is 0 Å². The van der Waals surface area contributed by atoms with Crippen LogP contribution in [0.25, 0.3) is 0 Å². The minimum Gasteiger partial charge on any atom is -0.311 e. The number of hydrogen-bond donors (Lipinski definition) is 1. The maximum atomic E-state index is 3.95. The van der Waals surface area contributed by atoms with Gasteiger partial charge in [-0.05, 0) is 76.4 Å². The molecule has 108 valence electrons. The van der Waals surface area contributed by atoms with E-state index in [-0.39, 0.29) is 0 Å². The van der Waals surface area contributed by atoms with Gasteiger partial charge in [-0.3, -0.25) is 0 Å². The van der Waals surface area contributed by atoms with Crippen LogP contribution in [0.4, 0.5) is 0 Å². The smallest absolute Gasteiger partial charge is 0.00940 e. The molecule has 2 nitrogen and oxygen atoms in total. The lowest BCUT2D eigenvalue weighted by Gasteiger charge is -2.36. The summed E-state index contributed by atoms with van der Waals surface area (Å²) in [6.45, 7) is 8.61. The number of allylic oxidation sites excluding steroid dienone is 2. The van der Waals surface area contributed by atoms with E-state index in [1.165, 1.54) is 51.7 Å². The lowest BCUT2D eigenvalue weighted by atomic mass is 9.86. The number of nitrogens with zero attached hydrogens (tertiary/aromatic N) is 1. The summed E-state index contributed by atoms with van der Waals surface area (Å²) in [6.07, 6.45) is 11.8. The highest BCUT2D eigenvalue weighted by atomic mass is 15.1. The second-order valence-electron chi connectivity index (χ2n) is 7.02. The van der Waals surface area contributed by atoms with Crippen molar-refractivity contribution in [2.45, 2.75) is 58.0 Å². The van der Waals surface area contributed by atoms with Crippen LogP contribution in [-0.4, -0.2) is 36.6 Å². The third kappa shape index (κ3) is 3.05. The molecule has 1 saturated heterocycles. The SMILES string of the molecule is CCCN1CCC(NC(C)C2CC3C=CC2C3)CC1. The zero-order valence-electron chi connectivity index (χ0n) is 12.6. The number of fused-ring (bicyclic) bond motifs is 2. The summed E-state index contributed by atoms with van der Waals surface area (Å²) in [4.78, 5) is 2.63. The number of piperidine rings is 1. The van der Waals surface area contributed by atoms with Crippen LogP contribution in [-0.2, 0) is 0 Å². The average molecular weight is 262 g/mol. The molecule has 1 saturated carbocycles. The first-order valence-corrected chi connectivity index (χ1v) is 8.43. The molecule has 1 aliphatic heterocycles. The quantitative estimate of drug-likeness (QED) is 0.766. The van der Waals surface area contributed by atoms with Gasteiger partial charge in [0.25, 0.3) is 0 Å². The van der Waals surface area contributed by atoms with E-state index in [1.54, 1.807) is 0 Å². The Morgan fingerprint density at radius 2 is 2.00 bits per heavy atom. The van der Waals surface area contributed by atoms with Gasteiger partial charge in [0.1, 0.15) is 0 Å². The molecule has 0 amide bonds. The zero-order valence-corrected chi connectivity index (χ0v) is 12.6. The van der Waals surface area contributed by atoms with Gasteiger partial charge in [0, 0.05) is 12.1 Å². The molecule has 1 heterocycles. The molecule has 1 N–H and O–H groups in total. The van der Waals surface area contributed by atoms with Gasteiger partial charge in [0.2, 0.25) is 0 Å². The minimum absolute atomic E-state index is 0.711. The summed E-state index contributed by atoms with van der Waals surface area (Å²) in [7, 11) is 0. The van der Waals surface area contributed by atoms with Crippen LogP contribution in [0.15, 0.2) is 12.2 Å². The second-order valence-corrected chi connectivity index (χ2v) is 7.02. The first-order valence-electron chi connectivity index (χ1n) is 8.43. The molecular formula is C17H30N2. The molecule has 2 heteroatoms. The van der Waals surface area contributed by atoms with Gasteiger partial charge in [-0.25, -0.2) is 0 Å². The van der Waals surface area contributed by atoms with Crippen LogP contribution in [0.3, 0.4) is 0 Å². The molecule has 2 fully saturated rings. The molecule has 0 aromatic rings. The summed E-state index contributed by atoms with van der Waals surface area (Å²) in [5, 5.41) is 3.95. The highest BCUT2D eigenvalue weighted by Gasteiger charge is 2.38. The van der Waals surface area contributed by atoms with Crippen LogP contribution in [0, 0.1) is 17.8 Å². The van der Waals surface area contributed by atoms with E-state index in [4.69, 9.17) is 0 Å². The summed E-state index contributed by atoms with van der Waals surface area (Å²) in [5.74, 6) is 2.70. The largest absolute Gasteiger partial charge is 0.311 e. The van der Waals surface area contributed by atoms with Crippen LogP contribution in [0.5, 0.6) is 0 Å². The van der Waals surface area contributed by atoms with Crippen LogP contribution in [0.1, 0.15) is 46.0 Å². The van der Waals surface area contributed by atoms with Crippen molar-refractivity contribution in [3.05, 3.63) is 12.2 Å². The highest BCUT2D eigenvalue weighted by molar-refractivity contribution is 5.11. The summed E-state index contributed by atoms with van der Waals surface area (Å²) >= 11 is 0. The van der Waals surface area contributed by atoms with Crippen molar-refractivity contribution in [3.63, 3.8) is 0 Å². The van der Waals surface area contributed by atoms with Crippen molar-refractivity contribution in [2.24, 2.45) is 17.8 Å². The van der Waals surface area contributed by atoms with Crippen molar-refractivity contribution in [1.82, 2.24) is 10.2 Å². The third-order valence-electron chi connectivity index (χ3n) is 5.60. The first-order chi connectivity index (χ1) is 9.26. The average Bonchev–Trinajstić information content (AvgIpc) is 3.04. The molecule has 3 rings (SSSR count). The molecule has 4 unspecified atom stereocenters. The van der Waals surface area contributed by atoms with E-state index in [0.717, 1.165) is 23.8 Å². The van der Waals surface area contributed by atoms with Crippen molar-refractivity contribution in [3.8, 4) is 0 Å². The monoisotopic (exact) mass is 262 g/mol. The lowest BCUT2D eigenvalue weighted by Crippen LogP contribution is -2.48. The van der Waals surface area contributed by atoms with Crippen molar-refractivity contribution in [1.29, 1.82) is 0 Å². The fourth-order valence-corrected chi connectivity index (χ4v) is 4.53. The number of nitrogens with one attached hydrogen (secondary N) is 1. The molecule has 0 aromatic heterocycles. The summed E-state index contributed by atoms with van der Waals surface area (Å²) in [6, 6.07) is 1.48. The molecule has 2 bridgehead atoms. The minimum atomic E-state index is 0.711. The standard InChI is InChI=1S/C17H30N2/c1-3-8-19-9-6-16(7-10-19)18-13(2)17-12-14-4-5-15(17)11-14/h4-5,13-18H,3,6-12H2,1-2H3. The Hall–Kier alpha value is -0.340. The number of rotatable bonds is 5. The van der Waals surface area contributed by atoms with Gasteiger partial charge >= 0.3 is 0 Å². The van der Waals surface area contributed by atoms with E-state index >= 15 is 0 Å². The topological polar surface area (TPSA) is 15.3 Å². The van der Waals surface area contributed by atoms with Crippen molar-refractivity contribution in [2.75, 3.05) is 19.6 Å². The van der Waals surface area contributed by atoms with Gasteiger partial charge in [-0.15, -0.1) is 0 Å². The van der Waals surface area contributed by atoms with Gasteiger partial charge < -0.3 is 10.2 Å². The van der Waals surface area contributed by atoms with Crippen LogP contribution < -0.4 is 5.32 Å². The lowest BCUT2D eigenvalue weighted by molar-refractivity contribution is 0.180. The Morgan fingerprint density at radius 1 is 1.21 bits per heavy atom. The van der Waals surface area contributed by atoms with E-state index in [1.807, 2.05) is 0 Å². The predicted molar refractivity (Wildman–Crippen MR) is 81.2 cm³/mol. The Morgan fingerprint density at radius 3 is 2.58 bits per heavy atom. The molecule has 0 radical (unpaired) electrons. The number of likely N-dealkylation sites (tertiary alicyclic amines) is 1. The Kier molecular flexibility index (Phi) is 4.28. The van der Waals surface area contributed by atoms with Gasteiger partial charge in [0.05, 0.1) is 0 Å². The highest BCUT2D eigenvalue weighted by Crippen LogP contribution is 2.44. The van der Waals surface area contributed by atoms with E-state index in [0.29, 0.717) is 6.04 Å². The summed E-state index contributed by atoms with van der Waals surface area (Å²) < 4.78 is 0. The maximum absolute atomic E-state index is 3.95. The molecule has 0 spiro atoms. The third-order valence-corrected chi connectivity index (χ3v) is 5.60. The second kappa shape index (κ2) is 5.97. The first kappa shape index (κ1) is 13.6. The van der Waals surface area contributed by atoms with Gasteiger partial charge in [-0.1, -0.05) is 19.1 Å². The van der Waals surface area contributed by atoms with Crippen molar-refractivity contribution >= 4 is 0 Å². The Balaban J connectivity index is 1.43. The number of hydrogen-bond acceptors (Lipinski definition) is 2. The fraction of sp³-hybridized carbons (Fsp3) is 0.882. The van der Waals surface area contributed by atoms with Gasteiger partial charge in [-0.2, -0.15) is 0 Å². The Bertz CT molecular complexity index is 317. The Labute approximate surface area is 118 Å². The molecule has 19 heavy (non-hydrogen) atoms. The van der Waals surface area contributed by atoms with E-state index in [2.05, 4.69) is 36.2 Å². The van der Waals surface area contributed by atoms with Crippen molar-refractivity contribution < 1.29 is 0 Å². The molecule has 0 aromatic carbocycles. The zero-order chi connectivity index (χ0) is 13.2. The van der Waals surface area contributed by atoms with Gasteiger partial charge in [0.15, 0.2) is 0 Å². The summed E-state index contributed by atoms with van der Waals surface area (Å²) in [5.41, 5.74) is 0. The predicted octanol–water partition coefficient (Wildman–Crippen LogP) is 3.05. The molecule has 2 aliphatic carbocycles. The van der Waals surface area contributed by atoms with Crippen LogP contribution in [0.2, 0.25) is 0 Å². The molecule has 4 atom stereocenters. The fourth-order valence-electron chi connectivity index (χ4n) is 4.53. The molecule has 3 aliphatic rings. The molecular weight excluding hydrogens is 232 g/mol. The normalized spacial score (nSPS) is 37.1. The van der Waals surface area contributed by atoms with Crippen LogP contribution >= 0.6 is 0 Å². The maximum Gasteiger partial charge on any atom is 0.00940 e.